The molecule has 0 bridgehead atoms. The first-order valence-corrected chi connectivity index (χ1v) is 7.60. The van der Waals surface area contributed by atoms with Gasteiger partial charge >= 0.3 is 10.1 Å². The monoisotopic (exact) mass is 347 g/mol. The second kappa shape index (κ2) is 5.88. The molecule has 0 aliphatic carbocycles. The van der Waals surface area contributed by atoms with Gasteiger partial charge in [0.2, 0.25) is 0 Å². The van der Waals surface area contributed by atoms with Gasteiger partial charge in [0, 0.05) is 11.1 Å². The summed E-state index contributed by atoms with van der Waals surface area (Å²) in [6.07, 6.45) is 0. The number of nitro benzene ring substituents is 1. The van der Waals surface area contributed by atoms with Gasteiger partial charge in [0.05, 0.1) is 4.92 Å². The Kier molecular flexibility index (Phi) is 4.36. The van der Waals surface area contributed by atoms with Crippen molar-refractivity contribution in [2.45, 2.75) is 4.90 Å². The summed E-state index contributed by atoms with van der Waals surface area (Å²) < 4.78 is 29.0. The van der Waals surface area contributed by atoms with E-state index < -0.39 is 20.7 Å². The van der Waals surface area contributed by atoms with Crippen LogP contribution in [0.4, 0.5) is 5.69 Å². The molecule has 2 aromatic rings. The molecule has 9 heteroatoms. The van der Waals surface area contributed by atoms with Crippen molar-refractivity contribution in [1.29, 1.82) is 0 Å². The number of rotatable bonds is 4. The molecule has 2 rings (SSSR count). The Labute approximate surface area is 130 Å². The normalized spacial score (nSPS) is 11.1. The highest BCUT2D eigenvalue weighted by Gasteiger charge is 2.22. The Balaban J connectivity index is 2.38. The third-order valence-electron chi connectivity index (χ3n) is 2.42. The molecule has 0 heterocycles. The molecule has 2 aromatic carbocycles. The van der Waals surface area contributed by atoms with Crippen LogP contribution in [0.3, 0.4) is 0 Å². The van der Waals surface area contributed by atoms with Crippen LogP contribution in [0.2, 0.25) is 10.0 Å². The van der Waals surface area contributed by atoms with Crippen LogP contribution in [0.5, 0.6) is 5.75 Å². The van der Waals surface area contributed by atoms with E-state index in [4.69, 9.17) is 27.4 Å². The second-order valence-electron chi connectivity index (χ2n) is 3.86. The molecule has 0 aromatic heterocycles. The van der Waals surface area contributed by atoms with Gasteiger partial charge in [-0.2, -0.15) is 8.42 Å². The third kappa shape index (κ3) is 3.63. The topological polar surface area (TPSA) is 86.5 Å². The van der Waals surface area contributed by atoms with Crippen molar-refractivity contribution in [2.24, 2.45) is 0 Å². The highest BCUT2D eigenvalue weighted by molar-refractivity contribution is 7.87. The van der Waals surface area contributed by atoms with Crippen molar-refractivity contribution in [3.05, 3.63) is 62.6 Å². The number of nitrogens with zero attached hydrogens (tertiary/aromatic N) is 1. The lowest BCUT2D eigenvalue weighted by molar-refractivity contribution is -0.384. The molecular formula is C12H7Cl2NO5S. The molecule has 21 heavy (non-hydrogen) atoms. The first kappa shape index (κ1) is 15.6. The van der Waals surface area contributed by atoms with E-state index in [1.54, 1.807) is 0 Å². The van der Waals surface area contributed by atoms with E-state index in [9.17, 15) is 18.5 Å². The second-order valence-corrected chi connectivity index (χ2v) is 6.25. The van der Waals surface area contributed by atoms with E-state index in [0.717, 1.165) is 18.2 Å². The molecule has 0 saturated heterocycles. The van der Waals surface area contributed by atoms with Gasteiger partial charge in [0.1, 0.15) is 15.7 Å². The van der Waals surface area contributed by atoms with Gasteiger partial charge in [0.15, 0.2) is 0 Å². The van der Waals surface area contributed by atoms with Crippen LogP contribution in [-0.4, -0.2) is 13.3 Å². The maximum Gasteiger partial charge on any atom is 0.339 e. The molecule has 0 N–H and O–H groups in total. The van der Waals surface area contributed by atoms with Gasteiger partial charge in [-0.05, 0) is 36.4 Å². The van der Waals surface area contributed by atoms with Crippen molar-refractivity contribution in [1.82, 2.24) is 0 Å². The maximum absolute atomic E-state index is 12.1. The maximum atomic E-state index is 12.1. The predicted octanol–water partition coefficient (Wildman–Crippen LogP) is 3.67. The van der Waals surface area contributed by atoms with Crippen molar-refractivity contribution in [3.8, 4) is 5.75 Å². The average Bonchev–Trinajstić information content (AvgIpc) is 2.41. The average molecular weight is 348 g/mol. The zero-order valence-corrected chi connectivity index (χ0v) is 12.5. The van der Waals surface area contributed by atoms with Crippen LogP contribution in [-0.2, 0) is 10.1 Å². The van der Waals surface area contributed by atoms with Crippen molar-refractivity contribution < 1.29 is 17.5 Å². The van der Waals surface area contributed by atoms with Crippen LogP contribution >= 0.6 is 23.2 Å². The number of hydrogen-bond acceptors (Lipinski definition) is 5. The first-order chi connectivity index (χ1) is 9.79. The molecule has 0 radical (unpaired) electrons. The molecule has 0 saturated carbocycles. The summed E-state index contributed by atoms with van der Waals surface area (Å²) in [7, 11) is -4.21. The van der Waals surface area contributed by atoms with Gasteiger partial charge < -0.3 is 4.18 Å². The zero-order valence-electron chi connectivity index (χ0n) is 10.2. The van der Waals surface area contributed by atoms with Gasteiger partial charge in [-0.15, -0.1) is 0 Å². The summed E-state index contributed by atoms with van der Waals surface area (Å²) >= 11 is 11.3. The molecule has 0 spiro atoms. The molecule has 0 aliphatic rings. The quantitative estimate of drug-likeness (QED) is 0.478. The van der Waals surface area contributed by atoms with E-state index in [0.29, 0.717) is 5.02 Å². The van der Waals surface area contributed by atoms with Crippen LogP contribution in [0.1, 0.15) is 0 Å². The summed E-state index contributed by atoms with van der Waals surface area (Å²) in [5, 5.41) is 11.0. The van der Waals surface area contributed by atoms with Crippen LogP contribution in [0.15, 0.2) is 47.4 Å². The molecule has 110 valence electrons. The standard InChI is InChI=1S/C12H7Cl2NO5S/c13-8-1-3-9(4-2-8)20-21(18,19)10-5-6-11(14)12(7-10)15(16)17/h1-7H. The summed E-state index contributed by atoms with van der Waals surface area (Å²) in [6, 6.07) is 8.73. The smallest absolute Gasteiger partial charge is 0.339 e. The van der Waals surface area contributed by atoms with E-state index in [1.165, 1.54) is 24.3 Å². The molecule has 0 unspecified atom stereocenters. The number of hydrogen-bond donors (Lipinski definition) is 0. The molecular weight excluding hydrogens is 341 g/mol. The van der Waals surface area contributed by atoms with E-state index in [1.807, 2.05) is 0 Å². The third-order valence-corrected chi connectivity index (χ3v) is 4.24. The Morgan fingerprint density at radius 1 is 1.05 bits per heavy atom. The molecule has 0 amide bonds. The van der Waals surface area contributed by atoms with Crippen molar-refractivity contribution in [2.75, 3.05) is 0 Å². The highest BCUT2D eigenvalue weighted by atomic mass is 35.5. The minimum absolute atomic E-state index is 0.0389. The molecule has 6 nitrogen and oxygen atoms in total. The van der Waals surface area contributed by atoms with Crippen LogP contribution in [0, 0.1) is 10.1 Å². The Bertz CT molecular complexity index is 790. The summed E-state index contributed by atoms with van der Waals surface area (Å²) in [5.74, 6) is 0.0389. The fraction of sp³-hybridized carbons (Fsp3) is 0. The van der Waals surface area contributed by atoms with Gasteiger partial charge in [-0.3, -0.25) is 10.1 Å². The Hall–Kier alpha value is -1.83. The first-order valence-electron chi connectivity index (χ1n) is 5.43. The summed E-state index contributed by atoms with van der Waals surface area (Å²) in [4.78, 5) is 9.63. The lowest BCUT2D eigenvalue weighted by atomic mass is 10.3. The lowest BCUT2D eigenvalue weighted by Gasteiger charge is -2.07. The van der Waals surface area contributed by atoms with Crippen molar-refractivity contribution in [3.63, 3.8) is 0 Å². The SMILES string of the molecule is O=[N+]([O-])c1cc(S(=O)(=O)Oc2ccc(Cl)cc2)ccc1Cl. The van der Waals surface area contributed by atoms with E-state index >= 15 is 0 Å². The van der Waals surface area contributed by atoms with E-state index in [-0.39, 0.29) is 15.7 Å². The van der Waals surface area contributed by atoms with Crippen molar-refractivity contribution >= 4 is 39.0 Å². The predicted molar refractivity (Wildman–Crippen MR) is 77.4 cm³/mol. The number of halogens is 2. The fourth-order valence-corrected chi connectivity index (χ4v) is 2.72. The largest absolute Gasteiger partial charge is 0.379 e. The lowest BCUT2D eigenvalue weighted by Crippen LogP contribution is -2.10. The zero-order chi connectivity index (χ0) is 15.6. The summed E-state index contributed by atoms with van der Waals surface area (Å²) in [5.41, 5.74) is -0.516. The van der Waals surface area contributed by atoms with E-state index in [2.05, 4.69) is 0 Å². The van der Waals surface area contributed by atoms with Crippen LogP contribution in [0.25, 0.3) is 0 Å². The Morgan fingerprint density at radius 3 is 2.24 bits per heavy atom. The summed E-state index contributed by atoms with van der Waals surface area (Å²) in [6.45, 7) is 0. The van der Waals surface area contributed by atoms with Crippen LogP contribution < -0.4 is 4.18 Å². The molecule has 0 fully saturated rings. The molecule has 0 atom stereocenters. The minimum atomic E-state index is -4.21. The fourth-order valence-electron chi connectivity index (χ4n) is 1.45. The molecule has 0 aliphatic heterocycles. The minimum Gasteiger partial charge on any atom is -0.379 e. The van der Waals surface area contributed by atoms with Gasteiger partial charge in [0.25, 0.3) is 5.69 Å². The number of benzene rings is 2. The number of nitro groups is 1. The van der Waals surface area contributed by atoms with Gasteiger partial charge in [-0.25, -0.2) is 0 Å². The van der Waals surface area contributed by atoms with Gasteiger partial charge in [-0.1, -0.05) is 23.2 Å². The Morgan fingerprint density at radius 2 is 1.67 bits per heavy atom. The highest BCUT2D eigenvalue weighted by Crippen LogP contribution is 2.28.